The molecule has 232 valence electrons. The third kappa shape index (κ3) is 6.64. The molecule has 10 heteroatoms. The predicted molar refractivity (Wildman–Crippen MR) is 163 cm³/mol. The summed E-state index contributed by atoms with van der Waals surface area (Å²) in [5.41, 5.74) is 6.23. The Kier molecular flexibility index (Phi) is 9.69. The van der Waals surface area contributed by atoms with Crippen molar-refractivity contribution in [1.82, 2.24) is 20.9 Å². The molecule has 10 nitrogen and oxygen atoms in total. The van der Waals surface area contributed by atoms with Crippen LogP contribution >= 0.6 is 0 Å². The molecule has 4 rings (SSSR count). The number of allylic oxidation sites excluding steroid dienone is 1. The zero-order valence-corrected chi connectivity index (χ0v) is 25.8. The van der Waals surface area contributed by atoms with Crippen molar-refractivity contribution in [3.8, 4) is 0 Å². The summed E-state index contributed by atoms with van der Waals surface area (Å²) < 4.78 is 0. The second-order valence-electron chi connectivity index (χ2n) is 11.7. The van der Waals surface area contributed by atoms with Gasteiger partial charge in [-0.2, -0.15) is 0 Å². The lowest BCUT2D eigenvalue weighted by Crippen LogP contribution is -2.29. The van der Waals surface area contributed by atoms with E-state index in [1.165, 1.54) is 0 Å². The van der Waals surface area contributed by atoms with E-state index in [1.807, 2.05) is 52.8 Å². The van der Waals surface area contributed by atoms with Crippen molar-refractivity contribution in [2.45, 2.75) is 92.2 Å². The zero-order chi connectivity index (χ0) is 31.6. The van der Waals surface area contributed by atoms with Crippen LogP contribution in [0.3, 0.4) is 0 Å². The molecule has 0 spiro atoms. The molecular formula is C33H43N4O6-. The summed E-state index contributed by atoms with van der Waals surface area (Å²) >= 11 is 0. The van der Waals surface area contributed by atoms with Crippen LogP contribution in [0.1, 0.15) is 77.8 Å². The molecule has 2 amide bonds. The molecule has 1 fully saturated rings. The standard InChI is InChI=1S/C33H43N4O6/c1-7-20-19(6)32(42)37-27(20)14-25-18(5)23(10-12-31(40)41)29(35-25)15-28-22(9-11-30(38)39)17(4)24(34-28)13-26-16(3)21(8-2)33(43)36-26/h13-15,19-20,25-26,34-35H,7-12H2,1-6H3,(H,36,43)(H,37,42)(H,38,39)(H,40,41)/q-1/b24-13+,27-14-,28-15-/t19-,20-,25?,26?/m1/s1. The molecule has 1 aromatic rings. The van der Waals surface area contributed by atoms with Crippen LogP contribution in [0.15, 0.2) is 34.1 Å². The van der Waals surface area contributed by atoms with Gasteiger partial charge in [0.1, 0.15) is 0 Å². The van der Waals surface area contributed by atoms with E-state index in [1.54, 1.807) is 0 Å². The molecule has 0 saturated carbocycles. The summed E-state index contributed by atoms with van der Waals surface area (Å²) in [7, 11) is 0. The van der Waals surface area contributed by atoms with Gasteiger partial charge >= 0.3 is 11.9 Å². The number of aromatic amines is 1. The van der Waals surface area contributed by atoms with Crippen molar-refractivity contribution in [1.29, 1.82) is 0 Å². The van der Waals surface area contributed by atoms with Gasteiger partial charge in [-0.3, -0.25) is 19.2 Å². The van der Waals surface area contributed by atoms with E-state index >= 15 is 0 Å². The highest BCUT2D eigenvalue weighted by atomic mass is 16.4. The van der Waals surface area contributed by atoms with Crippen LogP contribution in [0, 0.1) is 24.8 Å². The van der Waals surface area contributed by atoms with E-state index in [2.05, 4.69) is 27.9 Å². The van der Waals surface area contributed by atoms with Crippen LogP contribution in [-0.2, 0) is 25.6 Å². The number of H-pyrrole nitrogens is 1. The lowest BCUT2D eigenvalue weighted by atomic mass is 9.91. The Morgan fingerprint density at radius 2 is 1.60 bits per heavy atom. The number of rotatable bonds is 11. The number of aliphatic carboxylic acids is 2. The number of carboxylic acids is 2. The molecule has 0 aliphatic carbocycles. The molecule has 1 saturated heterocycles. The lowest BCUT2D eigenvalue weighted by molar-refractivity contribution is -0.138. The number of aromatic nitrogens is 1. The minimum absolute atomic E-state index is 0.00269. The monoisotopic (exact) mass is 591 g/mol. The van der Waals surface area contributed by atoms with E-state index in [0.29, 0.717) is 19.3 Å². The molecule has 0 bridgehead atoms. The zero-order valence-electron chi connectivity index (χ0n) is 25.8. The maximum atomic E-state index is 12.4. The first-order valence-corrected chi connectivity index (χ1v) is 15.1. The fourth-order valence-electron chi connectivity index (χ4n) is 6.48. The van der Waals surface area contributed by atoms with Crippen molar-refractivity contribution in [3.05, 3.63) is 61.9 Å². The molecule has 1 aromatic heterocycles. The Morgan fingerprint density at radius 3 is 2.21 bits per heavy atom. The number of carboxylic acid groups (broad SMARTS) is 2. The number of nitrogens with one attached hydrogen (secondary N) is 4. The van der Waals surface area contributed by atoms with Crippen LogP contribution in [0.2, 0.25) is 0 Å². The van der Waals surface area contributed by atoms with Gasteiger partial charge in [-0.1, -0.05) is 50.7 Å². The first kappa shape index (κ1) is 31.9. The SMILES string of the molecule is CCC1=C(C)C(/C=c2/[nH]/c(=C\[C-]3NC(/C=C4\NC(=O)[C@H](C)[C@H]4CC)C(C)=C3CCC(=O)O)c(CCC(=O)O)c2C)NC1=O. The third-order valence-corrected chi connectivity index (χ3v) is 9.16. The summed E-state index contributed by atoms with van der Waals surface area (Å²) in [5.74, 6) is -1.90. The third-order valence-electron chi connectivity index (χ3n) is 9.16. The van der Waals surface area contributed by atoms with E-state index in [0.717, 1.165) is 62.3 Å². The molecule has 4 atom stereocenters. The Morgan fingerprint density at radius 1 is 0.930 bits per heavy atom. The number of hydrogen-bond acceptors (Lipinski definition) is 5. The topological polar surface area (TPSA) is 161 Å². The van der Waals surface area contributed by atoms with Crippen molar-refractivity contribution in [3.63, 3.8) is 0 Å². The Balaban J connectivity index is 1.78. The highest BCUT2D eigenvalue weighted by molar-refractivity contribution is 5.98. The molecular weight excluding hydrogens is 548 g/mol. The molecule has 0 aromatic carbocycles. The fraction of sp³-hybridized carbons (Fsp3) is 0.485. The van der Waals surface area contributed by atoms with Crippen LogP contribution < -0.4 is 26.6 Å². The fourth-order valence-corrected chi connectivity index (χ4v) is 6.48. The minimum atomic E-state index is -0.902. The van der Waals surface area contributed by atoms with Crippen molar-refractivity contribution >= 4 is 35.9 Å². The summed E-state index contributed by atoms with van der Waals surface area (Å²) in [4.78, 5) is 51.3. The maximum absolute atomic E-state index is 12.4. The molecule has 3 aliphatic heterocycles. The average Bonchev–Trinajstić information content (AvgIpc) is 3.59. The normalized spacial score (nSPS) is 25.9. The van der Waals surface area contributed by atoms with E-state index in [-0.39, 0.29) is 48.6 Å². The summed E-state index contributed by atoms with van der Waals surface area (Å²) in [5, 5.41) is 30.0. The van der Waals surface area contributed by atoms with Crippen molar-refractivity contribution < 1.29 is 29.4 Å². The molecule has 6 N–H and O–H groups in total. The number of amides is 2. The van der Waals surface area contributed by atoms with Gasteiger partial charge in [-0.25, -0.2) is 0 Å². The molecule has 3 aliphatic rings. The smallest absolute Gasteiger partial charge is 0.303 e. The van der Waals surface area contributed by atoms with Gasteiger partial charge in [0, 0.05) is 41.3 Å². The van der Waals surface area contributed by atoms with E-state index < -0.39 is 11.9 Å². The van der Waals surface area contributed by atoms with Crippen LogP contribution in [0.4, 0.5) is 0 Å². The number of hydrogen-bond donors (Lipinski definition) is 6. The molecule has 4 heterocycles. The van der Waals surface area contributed by atoms with Crippen LogP contribution in [0.5, 0.6) is 0 Å². The van der Waals surface area contributed by atoms with Gasteiger partial charge in [0.05, 0.1) is 6.04 Å². The Bertz CT molecular complexity index is 1540. The van der Waals surface area contributed by atoms with Gasteiger partial charge < -0.3 is 31.1 Å². The second kappa shape index (κ2) is 13.1. The lowest BCUT2D eigenvalue weighted by Gasteiger charge is -2.21. The second-order valence-corrected chi connectivity index (χ2v) is 11.7. The largest absolute Gasteiger partial charge is 0.481 e. The van der Waals surface area contributed by atoms with Gasteiger partial charge in [0.25, 0.3) is 0 Å². The van der Waals surface area contributed by atoms with Crippen molar-refractivity contribution in [2.75, 3.05) is 0 Å². The van der Waals surface area contributed by atoms with E-state index in [9.17, 15) is 29.4 Å². The Labute approximate surface area is 252 Å². The highest BCUT2D eigenvalue weighted by Gasteiger charge is 2.35. The minimum Gasteiger partial charge on any atom is -0.481 e. The van der Waals surface area contributed by atoms with Crippen molar-refractivity contribution in [2.24, 2.45) is 11.8 Å². The first-order chi connectivity index (χ1) is 20.4. The van der Waals surface area contributed by atoms with E-state index in [4.69, 9.17) is 0 Å². The summed E-state index contributed by atoms with van der Waals surface area (Å²) in [6.45, 7) is 11.8. The Hall–Kier alpha value is -4.05. The molecule has 2 unspecified atom stereocenters. The quantitative estimate of drug-likeness (QED) is 0.216. The summed E-state index contributed by atoms with van der Waals surface area (Å²) in [6.07, 6.45) is 7.92. The average molecular weight is 592 g/mol. The van der Waals surface area contributed by atoms with Gasteiger partial charge in [-0.15, -0.1) is 17.2 Å². The molecule has 43 heavy (non-hydrogen) atoms. The first-order valence-electron chi connectivity index (χ1n) is 15.1. The van der Waals surface area contributed by atoms with Crippen LogP contribution in [-0.4, -0.2) is 51.0 Å². The van der Waals surface area contributed by atoms with Gasteiger partial charge in [-0.05, 0) is 62.8 Å². The summed E-state index contributed by atoms with van der Waals surface area (Å²) in [6, 6.07) is 0.258. The predicted octanol–water partition coefficient (Wildman–Crippen LogP) is 2.49. The van der Waals surface area contributed by atoms with Gasteiger partial charge in [0.15, 0.2) is 0 Å². The number of carbonyl (C=O) groups is 4. The highest BCUT2D eigenvalue weighted by Crippen LogP contribution is 2.35. The van der Waals surface area contributed by atoms with Crippen LogP contribution in [0.25, 0.3) is 12.2 Å². The maximum Gasteiger partial charge on any atom is 0.303 e. The molecule has 0 radical (unpaired) electrons. The van der Waals surface area contributed by atoms with Gasteiger partial charge in [0.2, 0.25) is 11.8 Å². The number of carbonyl (C=O) groups excluding carboxylic acids is 2.